The zero-order chi connectivity index (χ0) is 19.4. The zero-order valence-electron chi connectivity index (χ0n) is 14.7. The zero-order valence-corrected chi connectivity index (χ0v) is 14.7. The van der Waals surface area contributed by atoms with E-state index in [1.807, 2.05) is 13.8 Å². The summed E-state index contributed by atoms with van der Waals surface area (Å²) in [5.74, 6) is 0.296. The Morgan fingerprint density at radius 2 is 2.04 bits per heavy atom. The summed E-state index contributed by atoms with van der Waals surface area (Å²) in [6.45, 7) is 3.69. The number of carbonyl (C=O) groups excluding carboxylic acids is 1. The molecule has 3 aromatic rings. The third-order valence-corrected chi connectivity index (χ3v) is 3.98. The van der Waals surface area contributed by atoms with Gasteiger partial charge in [-0.3, -0.25) is 19.9 Å². The Morgan fingerprint density at radius 1 is 1.26 bits per heavy atom. The molecular formula is C19H16N4O4. The summed E-state index contributed by atoms with van der Waals surface area (Å²) >= 11 is 0. The summed E-state index contributed by atoms with van der Waals surface area (Å²) in [5.41, 5.74) is 4.86. The number of hydrogen-bond donors (Lipinski definition) is 1. The van der Waals surface area contributed by atoms with E-state index in [2.05, 4.69) is 15.5 Å². The van der Waals surface area contributed by atoms with Crippen LogP contribution in [0.2, 0.25) is 0 Å². The quantitative estimate of drug-likeness (QED) is 0.422. The van der Waals surface area contributed by atoms with Crippen LogP contribution in [0.15, 0.2) is 58.3 Å². The number of benzene rings is 1. The lowest BCUT2D eigenvalue weighted by molar-refractivity contribution is -0.384. The van der Waals surface area contributed by atoms with Crippen molar-refractivity contribution >= 4 is 17.8 Å². The van der Waals surface area contributed by atoms with Crippen molar-refractivity contribution in [3.05, 3.63) is 81.4 Å². The van der Waals surface area contributed by atoms with Crippen LogP contribution in [0.3, 0.4) is 0 Å². The minimum absolute atomic E-state index is 0.0270. The highest BCUT2D eigenvalue weighted by Gasteiger charge is 2.19. The van der Waals surface area contributed by atoms with E-state index < -0.39 is 10.8 Å². The van der Waals surface area contributed by atoms with Crippen LogP contribution in [-0.2, 0) is 0 Å². The topological polar surface area (TPSA) is 111 Å². The summed E-state index contributed by atoms with van der Waals surface area (Å²) < 4.78 is 5.63. The average molecular weight is 364 g/mol. The Morgan fingerprint density at radius 3 is 2.74 bits per heavy atom. The van der Waals surface area contributed by atoms with E-state index in [0.29, 0.717) is 22.6 Å². The molecule has 0 atom stereocenters. The van der Waals surface area contributed by atoms with Crippen molar-refractivity contribution in [1.82, 2.24) is 10.4 Å². The smallest absolute Gasteiger partial charge is 0.280 e. The fraction of sp³-hybridized carbons (Fsp3) is 0.105. The molecule has 0 saturated heterocycles. The monoisotopic (exact) mass is 364 g/mol. The van der Waals surface area contributed by atoms with Gasteiger partial charge in [0.25, 0.3) is 11.6 Å². The largest absolute Gasteiger partial charge is 0.455 e. The maximum atomic E-state index is 11.9. The predicted octanol–water partition coefficient (Wildman–Crippen LogP) is 3.63. The first kappa shape index (κ1) is 18.0. The first-order valence-corrected chi connectivity index (χ1v) is 8.05. The standard InChI is InChI=1S/C19H16N4O4/c1-12-8-16(17(23(25)26)9-13(12)2)18-6-5-15(27-18)11-21-22-19(24)14-4-3-7-20-10-14/h3-11H,1-2H3,(H,22,24)/b21-11-. The number of nitro benzene ring substituents is 1. The van der Waals surface area contributed by atoms with Gasteiger partial charge in [-0.1, -0.05) is 0 Å². The molecule has 8 heteroatoms. The molecule has 1 amide bonds. The van der Waals surface area contributed by atoms with Crippen LogP contribution in [-0.4, -0.2) is 22.0 Å². The van der Waals surface area contributed by atoms with Gasteiger partial charge in [-0.25, -0.2) is 5.43 Å². The van der Waals surface area contributed by atoms with Crippen molar-refractivity contribution in [2.24, 2.45) is 5.10 Å². The van der Waals surface area contributed by atoms with Gasteiger partial charge in [0.15, 0.2) is 0 Å². The highest BCUT2D eigenvalue weighted by Crippen LogP contribution is 2.33. The Labute approximate surface area is 154 Å². The highest BCUT2D eigenvalue weighted by atomic mass is 16.6. The number of aryl methyl sites for hydroxylation is 2. The number of aromatic nitrogens is 1. The summed E-state index contributed by atoms with van der Waals surface area (Å²) in [5, 5.41) is 15.2. The van der Waals surface area contributed by atoms with Gasteiger partial charge in [0.1, 0.15) is 11.5 Å². The fourth-order valence-corrected chi connectivity index (χ4v) is 2.43. The number of hydrazone groups is 1. The molecule has 0 aliphatic rings. The fourth-order valence-electron chi connectivity index (χ4n) is 2.43. The number of pyridine rings is 1. The van der Waals surface area contributed by atoms with E-state index in [1.54, 1.807) is 36.5 Å². The van der Waals surface area contributed by atoms with Gasteiger partial charge < -0.3 is 4.42 Å². The SMILES string of the molecule is Cc1cc(-c2ccc(/C=N\NC(=O)c3cccnc3)o2)c([N+](=O)[O-])cc1C. The van der Waals surface area contributed by atoms with E-state index in [1.165, 1.54) is 18.5 Å². The van der Waals surface area contributed by atoms with Gasteiger partial charge in [0.2, 0.25) is 0 Å². The Balaban J connectivity index is 1.78. The first-order chi connectivity index (χ1) is 13.0. The first-order valence-electron chi connectivity index (χ1n) is 8.05. The molecule has 1 aromatic carbocycles. The molecule has 0 unspecified atom stereocenters. The summed E-state index contributed by atoms with van der Waals surface area (Å²) in [7, 11) is 0. The number of amides is 1. The number of rotatable bonds is 5. The lowest BCUT2D eigenvalue weighted by Gasteiger charge is -2.04. The van der Waals surface area contributed by atoms with Crippen LogP contribution in [0.25, 0.3) is 11.3 Å². The molecule has 8 nitrogen and oxygen atoms in total. The van der Waals surface area contributed by atoms with Crippen LogP contribution in [0.1, 0.15) is 27.2 Å². The summed E-state index contributed by atoms with van der Waals surface area (Å²) in [6, 6.07) is 9.75. The number of nitrogens with one attached hydrogen (secondary N) is 1. The molecule has 2 aromatic heterocycles. The third-order valence-electron chi connectivity index (χ3n) is 3.98. The minimum atomic E-state index is -0.438. The Hall–Kier alpha value is -3.81. The molecule has 0 fully saturated rings. The average Bonchev–Trinajstić information content (AvgIpc) is 3.12. The van der Waals surface area contributed by atoms with E-state index in [4.69, 9.17) is 4.42 Å². The van der Waals surface area contributed by atoms with Gasteiger partial charge in [0.05, 0.1) is 22.3 Å². The lowest BCUT2D eigenvalue weighted by atomic mass is 10.0. The van der Waals surface area contributed by atoms with Gasteiger partial charge in [-0.15, -0.1) is 0 Å². The normalized spacial score (nSPS) is 10.9. The Kier molecular flexibility index (Phi) is 5.07. The van der Waals surface area contributed by atoms with Crippen LogP contribution in [0.4, 0.5) is 5.69 Å². The molecule has 3 rings (SSSR count). The minimum Gasteiger partial charge on any atom is -0.455 e. The second-order valence-electron chi connectivity index (χ2n) is 5.85. The van der Waals surface area contributed by atoms with Gasteiger partial charge in [-0.2, -0.15) is 5.10 Å². The van der Waals surface area contributed by atoms with Crippen molar-refractivity contribution in [1.29, 1.82) is 0 Å². The van der Waals surface area contributed by atoms with E-state index in [0.717, 1.165) is 11.1 Å². The molecule has 136 valence electrons. The van der Waals surface area contributed by atoms with Crippen molar-refractivity contribution in [3.8, 4) is 11.3 Å². The molecular weight excluding hydrogens is 348 g/mol. The highest BCUT2D eigenvalue weighted by molar-refractivity contribution is 5.94. The van der Waals surface area contributed by atoms with Gasteiger partial charge in [-0.05, 0) is 55.3 Å². The van der Waals surface area contributed by atoms with Crippen molar-refractivity contribution in [2.45, 2.75) is 13.8 Å². The number of carbonyl (C=O) groups is 1. The van der Waals surface area contributed by atoms with E-state index in [9.17, 15) is 14.9 Å². The molecule has 0 bridgehead atoms. The second-order valence-corrected chi connectivity index (χ2v) is 5.85. The predicted molar refractivity (Wildman–Crippen MR) is 99.6 cm³/mol. The molecule has 0 aliphatic carbocycles. The van der Waals surface area contributed by atoms with Crippen LogP contribution >= 0.6 is 0 Å². The lowest BCUT2D eigenvalue weighted by Crippen LogP contribution is -2.17. The van der Waals surface area contributed by atoms with E-state index in [-0.39, 0.29) is 5.69 Å². The van der Waals surface area contributed by atoms with Crippen LogP contribution in [0.5, 0.6) is 0 Å². The molecule has 2 heterocycles. The molecule has 0 spiro atoms. The number of nitrogens with zero attached hydrogens (tertiary/aromatic N) is 3. The van der Waals surface area contributed by atoms with Crippen molar-refractivity contribution in [3.63, 3.8) is 0 Å². The van der Waals surface area contributed by atoms with Crippen molar-refractivity contribution in [2.75, 3.05) is 0 Å². The molecule has 0 aliphatic heterocycles. The summed E-state index contributed by atoms with van der Waals surface area (Å²) in [4.78, 5) is 26.6. The third kappa shape index (κ3) is 4.06. The van der Waals surface area contributed by atoms with Gasteiger partial charge in [0, 0.05) is 18.5 Å². The number of hydrogen-bond acceptors (Lipinski definition) is 6. The molecule has 1 N–H and O–H groups in total. The molecule has 0 saturated carbocycles. The van der Waals surface area contributed by atoms with E-state index >= 15 is 0 Å². The number of furan rings is 1. The van der Waals surface area contributed by atoms with Crippen LogP contribution < -0.4 is 5.43 Å². The van der Waals surface area contributed by atoms with Gasteiger partial charge >= 0.3 is 0 Å². The molecule has 0 radical (unpaired) electrons. The van der Waals surface area contributed by atoms with Crippen LogP contribution in [0, 0.1) is 24.0 Å². The maximum Gasteiger partial charge on any atom is 0.280 e. The number of nitro groups is 1. The summed E-state index contributed by atoms with van der Waals surface area (Å²) in [6.07, 6.45) is 4.32. The second kappa shape index (κ2) is 7.61. The maximum absolute atomic E-state index is 11.9. The Bertz CT molecular complexity index is 1030. The van der Waals surface area contributed by atoms with Crippen molar-refractivity contribution < 1.29 is 14.1 Å². The molecule has 27 heavy (non-hydrogen) atoms.